The third-order valence-electron chi connectivity index (χ3n) is 3.63. The van der Waals surface area contributed by atoms with Gasteiger partial charge in [0.1, 0.15) is 12.4 Å². The molecule has 0 aliphatic heterocycles. The molecule has 1 aromatic heterocycles. The third kappa shape index (κ3) is 3.74. The second kappa shape index (κ2) is 6.99. The second-order valence-electron chi connectivity index (χ2n) is 5.36. The van der Waals surface area contributed by atoms with Gasteiger partial charge in [-0.3, -0.25) is 4.57 Å². The van der Waals surface area contributed by atoms with Gasteiger partial charge in [0.15, 0.2) is 5.69 Å². The van der Waals surface area contributed by atoms with Crippen LogP contribution in [0.25, 0.3) is 5.69 Å². The maximum atomic E-state index is 13.0. The molecular weight excluding hydrogens is 352 g/mol. The molecule has 8 heteroatoms. The van der Waals surface area contributed by atoms with Crippen LogP contribution in [0.5, 0.6) is 0 Å². The largest absolute Gasteiger partial charge is 0.456 e. The van der Waals surface area contributed by atoms with Crippen LogP contribution in [0.4, 0.5) is 17.6 Å². The summed E-state index contributed by atoms with van der Waals surface area (Å²) >= 11 is 0. The molecule has 0 aliphatic carbocycles. The summed E-state index contributed by atoms with van der Waals surface area (Å²) in [6, 6.07) is 10.2. The molecule has 0 atom stereocenters. The number of carbonyl (C=O) groups is 1. The van der Waals surface area contributed by atoms with E-state index in [1.54, 1.807) is 0 Å². The predicted molar refractivity (Wildman–Crippen MR) is 84.1 cm³/mol. The lowest BCUT2D eigenvalue weighted by Gasteiger charge is -2.13. The fraction of sp³-hybridized carbons (Fsp3) is 0.111. The maximum absolute atomic E-state index is 13.0. The van der Waals surface area contributed by atoms with Gasteiger partial charge >= 0.3 is 12.1 Å². The van der Waals surface area contributed by atoms with Gasteiger partial charge < -0.3 is 4.74 Å². The first-order valence-electron chi connectivity index (χ1n) is 7.47. The lowest BCUT2D eigenvalue weighted by atomic mass is 10.1. The summed E-state index contributed by atoms with van der Waals surface area (Å²) in [5.74, 6) is -1.29. The molecule has 0 aliphatic rings. The van der Waals surface area contributed by atoms with Gasteiger partial charge in [-0.05, 0) is 30.3 Å². The van der Waals surface area contributed by atoms with Crippen molar-refractivity contribution in [2.75, 3.05) is 0 Å². The van der Waals surface area contributed by atoms with E-state index in [1.165, 1.54) is 59.6 Å². The van der Waals surface area contributed by atoms with E-state index >= 15 is 0 Å². The molecule has 0 saturated heterocycles. The number of hydrogen-bond acceptors (Lipinski definition) is 3. The number of carbonyl (C=O) groups excluding carboxylic acids is 1. The van der Waals surface area contributed by atoms with E-state index in [9.17, 15) is 22.4 Å². The highest BCUT2D eigenvalue weighted by atomic mass is 19.4. The van der Waals surface area contributed by atoms with Gasteiger partial charge in [-0.2, -0.15) is 13.2 Å². The van der Waals surface area contributed by atoms with Gasteiger partial charge in [0.2, 0.25) is 0 Å². The highest BCUT2D eigenvalue weighted by molar-refractivity contribution is 5.88. The van der Waals surface area contributed by atoms with Gasteiger partial charge in [0.25, 0.3) is 0 Å². The van der Waals surface area contributed by atoms with Crippen LogP contribution in [0.1, 0.15) is 21.6 Å². The molecule has 3 rings (SSSR count). The van der Waals surface area contributed by atoms with Crippen LogP contribution in [-0.2, 0) is 17.5 Å². The summed E-state index contributed by atoms with van der Waals surface area (Å²) in [7, 11) is 0. The Balaban J connectivity index is 1.79. The Kier molecular flexibility index (Phi) is 4.75. The lowest BCUT2D eigenvalue weighted by Crippen LogP contribution is -2.14. The van der Waals surface area contributed by atoms with Crippen molar-refractivity contribution in [3.8, 4) is 5.69 Å². The fourth-order valence-corrected chi connectivity index (χ4v) is 2.39. The Morgan fingerprint density at radius 1 is 1.08 bits per heavy atom. The number of benzene rings is 2. The standard InChI is InChI=1S/C18H12F4N2O2/c19-13-5-7-14(8-6-13)24-11-23-9-16(24)17(25)26-10-12-3-1-2-4-15(12)18(20,21)22/h1-9,11H,10H2. The number of hydrogen-bond donors (Lipinski definition) is 0. The zero-order valence-corrected chi connectivity index (χ0v) is 13.2. The third-order valence-corrected chi connectivity index (χ3v) is 3.63. The first kappa shape index (κ1) is 17.7. The summed E-state index contributed by atoms with van der Waals surface area (Å²) in [5.41, 5.74) is -0.534. The van der Waals surface area contributed by atoms with Gasteiger partial charge in [-0.15, -0.1) is 0 Å². The molecule has 0 bridgehead atoms. The minimum Gasteiger partial charge on any atom is -0.456 e. The Labute approximate surface area is 145 Å². The van der Waals surface area contributed by atoms with E-state index in [-0.39, 0.29) is 11.3 Å². The molecule has 0 unspecified atom stereocenters. The zero-order valence-electron chi connectivity index (χ0n) is 13.2. The Morgan fingerprint density at radius 2 is 1.77 bits per heavy atom. The minimum atomic E-state index is -4.54. The average molecular weight is 364 g/mol. The van der Waals surface area contributed by atoms with E-state index in [1.807, 2.05) is 0 Å². The molecule has 0 spiro atoms. The molecular formula is C18H12F4N2O2. The molecule has 0 N–H and O–H groups in total. The van der Waals surface area contributed by atoms with Crippen molar-refractivity contribution >= 4 is 5.97 Å². The molecule has 26 heavy (non-hydrogen) atoms. The van der Waals surface area contributed by atoms with E-state index in [2.05, 4.69) is 4.98 Å². The van der Waals surface area contributed by atoms with Crippen molar-refractivity contribution < 1.29 is 27.1 Å². The number of aromatic nitrogens is 2. The van der Waals surface area contributed by atoms with Crippen LogP contribution in [-0.4, -0.2) is 15.5 Å². The van der Waals surface area contributed by atoms with Gasteiger partial charge in [-0.25, -0.2) is 14.2 Å². The lowest BCUT2D eigenvalue weighted by molar-refractivity contribution is -0.138. The number of halogens is 4. The molecule has 134 valence electrons. The number of alkyl halides is 3. The molecule has 3 aromatic rings. The quantitative estimate of drug-likeness (QED) is 0.510. The Morgan fingerprint density at radius 3 is 2.46 bits per heavy atom. The summed E-state index contributed by atoms with van der Waals surface area (Å²) < 4.78 is 58.3. The molecule has 0 amide bonds. The second-order valence-corrected chi connectivity index (χ2v) is 5.36. The van der Waals surface area contributed by atoms with Crippen LogP contribution in [0.15, 0.2) is 61.1 Å². The number of esters is 1. The summed E-state index contributed by atoms with van der Waals surface area (Å²) in [5, 5.41) is 0. The molecule has 4 nitrogen and oxygen atoms in total. The van der Waals surface area contributed by atoms with Crippen molar-refractivity contribution in [1.82, 2.24) is 9.55 Å². The normalized spacial score (nSPS) is 11.4. The topological polar surface area (TPSA) is 44.1 Å². The van der Waals surface area contributed by atoms with Gasteiger partial charge in [-0.1, -0.05) is 18.2 Å². The Bertz CT molecular complexity index is 917. The first-order valence-corrected chi connectivity index (χ1v) is 7.47. The summed E-state index contributed by atoms with van der Waals surface area (Å²) in [6.45, 7) is -0.539. The molecule has 0 radical (unpaired) electrons. The van der Waals surface area contributed by atoms with Crippen molar-refractivity contribution in [2.45, 2.75) is 12.8 Å². The van der Waals surface area contributed by atoms with Crippen LogP contribution >= 0.6 is 0 Å². The Hall–Kier alpha value is -3.16. The first-order chi connectivity index (χ1) is 12.4. The smallest absolute Gasteiger partial charge is 0.416 e. The van der Waals surface area contributed by atoms with E-state index in [0.29, 0.717) is 5.69 Å². The van der Waals surface area contributed by atoms with Crippen LogP contribution in [0, 0.1) is 5.82 Å². The van der Waals surface area contributed by atoms with Crippen molar-refractivity contribution in [3.63, 3.8) is 0 Å². The van der Waals surface area contributed by atoms with Crippen molar-refractivity contribution in [1.29, 1.82) is 0 Å². The summed E-state index contributed by atoms with van der Waals surface area (Å²) in [4.78, 5) is 16.1. The van der Waals surface area contributed by atoms with E-state index in [0.717, 1.165) is 6.07 Å². The number of rotatable bonds is 4. The predicted octanol–water partition coefficient (Wildman–Crippen LogP) is 4.39. The highest BCUT2D eigenvalue weighted by Crippen LogP contribution is 2.32. The van der Waals surface area contributed by atoms with E-state index < -0.39 is 30.1 Å². The number of imidazole rings is 1. The maximum Gasteiger partial charge on any atom is 0.416 e. The minimum absolute atomic E-state index is 0.0149. The monoisotopic (exact) mass is 364 g/mol. The van der Waals surface area contributed by atoms with Crippen molar-refractivity contribution in [2.24, 2.45) is 0 Å². The van der Waals surface area contributed by atoms with Crippen molar-refractivity contribution in [3.05, 3.63) is 83.7 Å². The number of ether oxygens (including phenoxy) is 1. The summed E-state index contributed by atoms with van der Waals surface area (Å²) in [6.07, 6.45) is -1.99. The fourth-order valence-electron chi connectivity index (χ4n) is 2.39. The van der Waals surface area contributed by atoms with Gasteiger partial charge in [0.05, 0.1) is 18.1 Å². The average Bonchev–Trinajstić information content (AvgIpc) is 3.09. The molecule has 0 saturated carbocycles. The van der Waals surface area contributed by atoms with Crippen LogP contribution in [0.3, 0.4) is 0 Å². The molecule has 1 heterocycles. The number of nitrogens with zero attached hydrogens (tertiary/aromatic N) is 2. The zero-order chi connectivity index (χ0) is 18.7. The van der Waals surface area contributed by atoms with Gasteiger partial charge in [0, 0.05) is 11.3 Å². The molecule has 0 fully saturated rings. The SMILES string of the molecule is O=C(OCc1ccccc1C(F)(F)F)c1cncn1-c1ccc(F)cc1. The highest BCUT2D eigenvalue weighted by Gasteiger charge is 2.33. The van der Waals surface area contributed by atoms with E-state index in [4.69, 9.17) is 4.74 Å². The van der Waals surface area contributed by atoms with Crippen LogP contribution in [0.2, 0.25) is 0 Å². The molecule has 2 aromatic carbocycles. The van der Waals surface area contributed by atoms with Crippen LogP contribution < -0.4 is 0 Å².